The summed E-state index contributed by atoms with van der Waals surface area (Å²) in [5.41, 5.74) is 0.889. The number of fused-ring (bicyclic) bond motifs is 1. The smallest absolute Gasteiger partial charge is 0.209 e. The highest BCUT2D eigenvalue weighted by molar-refractivity contribution is 7.88. The number of rotatable bonds is 3. The van der Waals surface area contributed by atoms with Crippen LogP contribution in [0.5, 0.6) is 0 Å². The van der Waals surface area contributed by atoms with Gasteiger partial charge in [-0.2, -0.15) is 0 Å². The molecule has 0 spiro atoms. The molecule has 1 saturated heterocycles. The summed E-state index contributed by atoms with van der Waals surface area (Å²) in [6.45, 7) is 1.52. The maximum atomic E-state index is 11.4. The number of pyridine rings is 1. The lowest BCUT2D eigenvalue weighted by molar-refractivity contribution is 0.466. The number of nitrogens with one attached hydrogen (secondary N) is 1. The molecule has 118 valence electrons. The lowest BCUT2D eigenvalue weighted by atomic mass is 10.1. The normalized spacial score (nSPS) is 19.5. The minimum absolute atomic E-state index is 0.0635. The molecule has 22 heavy (non-hydrogen) atoms. The Balaban J connectivity index is 1.82. The van der Waals surface area contributed by atoms with E-state index in [0.29, 0.717) is 11.6 Å². The maximum Gasteiger partial charge on any atom is 0.209 e. The van der Waals surface area contributed by atoms with E-state index in [9.17, 15) is 8.42 Å². The fraction of sp³-hybridized carbons (Fsp3) is 0.400. The van der Waals surface area contributed by atoms with E-state index in [4.69, 9.17) is 11.6 Å². The number of benzene rings is 1. The molecule has 0 amide bonds. The maximum absolute atomic E-state index is 11.4. The van der Waals surface area contributed by atoms with Gasteiger partial charge in [0.05, 0.1) is 11.8 Å². The second kappa shape index (κ2) is 6.02. The number of piperidine rings is 1. The lowest BCUT2D eigenvalue weighted by Gasteiger charge is -2.33. The van der Waals surface area contributed by atoms with Gasteiger partial charge in [0.15, 0.2) is 0 Å². The van der Waals surface area contributed by atoms with E-state index in [1.807, 2.05) is 30.3 Å². The molecule has 0 saturated carbocycles. The zero-order valence-electron chi connectivity index (χ0n) is 12.3. The van der Waals surface area contributed by atoms with Gasteiger partial charge in [0.2, 0.25) is 10.0 Å². The first-order valence-electron chi connectivity index (χ1n) is 7.19. The van der Waals surface area contributed by atoms with Gasteiger partial charge in [-0.15, -0.1) is 0 Å². The van der Waals surface area contributed by atoms with Gasteiger partial charge in [-0.25, -0.2) is 18.1 Å². The molecule has 1 aliphatic rings. The van der Waals surface area contributed by atoms with E-state index in [1.165, 1.54) is 6.26 Å². The van der Waals surface area contributed by atoms with Gasteiger partial charge < -0.3 is 4.90 Å². The lowest BCUT2D eigenvalue weighted by Crippen LogP contribution is -2.47. The Labute approximate surface area is 135 Å². The predicted molar refractivity (Wildman–Crippen MR) is 90.0 cm³/mol. The molecule has 2 heterocycles. The van der Waals surface area contributed by atoms with Crippen LogP contribution in [-0.2, 0) is 10.0 Å². The minimum Gasteiger partial charge on any atom is -0.355 e. The highest BCUT2D eigenvalue weighted by Gasteiger charge is 2.23. The van der Waals surface area contributed by atoms with Crippen molar-refractivity contribution in [1.29, 1.82) is 0 Å². The Kier molecular flexibility index (Phi) is 4.25. The predicted octanol–water partition coefficient (Wildman–Crippen LogP) is 2.41. The van der Waals surface area contributed by atoms with E-state index in [-0.39, 0.29) is 6.04 Å². The summed E-state index contributed by atoms with van der Waals surface area (Å²) in [7, 11) is -3.18. The van der Waals surface area contributed by atoms with Crippen molar-refractivity contribution in [2.75, 3.05) is 24.2 Å². The van der Waals surface area contributed by atoms with Crippen molar-refractivity contribution in [3.05, 3.63) is 35.4 Å². The third-order valence-electron chi connectivity index (χ3n) is 3.76. The summed E-state index contributed by atoms with van der Waals surface area (Å²) < 4.78 is 25.5. The number of halogens is 1. The zero-order valence-corrected chi connectivity index (χ0v) is 13.9. The summed E-state index contributed by atoms with van der Waals surface area (Å²) in [6, 6.07) is 9.50. The number of hydrogen-bond acceptors (Lipinski definition) is 4. The van der Waals surface area contributed by atoms with E-state index in [2.05, 4.69) is 14.6 Å². The first kappa shape index (κ1) is 15.5. The fourth-order valence-corrected chi connectivity index (χ4v) is 3.82. The molecule has 1 fully saturated rings. The Hall–Kier alpha value is -1.37. The third kappa shape index (κ3) is 3.69. The molecule has 1 N–H and O–H groups in total. The van der Waals surface area contributed by atoms with Gasteiger partial charge in [-0.1, -0.05) is 11.6 Å². The van der Waals surface area contributed by atoms with Gasteiger partial charge >= 0.3 is 0 Å². The van der Waals surface area contributed by atoms with E-state index in [1.54, 1.807) is 0 Å². The van der Waals surface area contributed by atoms with Crippen LogP contribution in [0, 0.1) is 0 Å². The molecular weight excluding hydrogens is 322 g/mol. The van der Waals surface area contributed by atoms with E-state index in [0.717, 1.165) is 36.1 Å². The van der Waals surface area contributed by atoms with Crippen LogP contribution >= 0.6 is 11.6 Å². The standard InChI is InChI=1S/C15H18ClN3O2S/c1-22(20,21)18-13-3-2-8-19(10-13)15-7-4-11-9-12(16)5-6-14(11)17-15/h4-7,9,13,18H,2-3,8,10H2,1H3. The molecule has 1 aromatic carbocycles. The molecule has 1 aliphatic heterocycles. The third-order valence-corrected chi connectivity index (χ3v) is 4.76. The highest BCUT2D eigenvalue weighted by atomic mass is 35.5. The average Bonchev–Trinajstić information content (AvgIpc) is 2.45. The molecule has 7 heteroatoms. The summed E-state index contributed by atoms with van der Waals surface area (Å²) in [4.78, 5) is 6.79. The molecular formula is C15H18ClN3O2S. The summed E-state index contributed by atoms with van der Waals surface area (Å²) in [5.74, 6) is 0.870. The number of aromatic nitrogens is 1. The molecule has 0 radical (unpaired) electrons. The number of hydrogen-bond donors (Lipinski definition) is 1. The number of anilines is 1. The Morgan fingerprint density at radius 3 is 2.91 bits per heavy atom. The van der Waals surface area contributed by atoms with Gasteiger partial charge in [-0.3, -0.25) is 0 Å². The SMILES string of the molecule is CS(=O)(=O)NC1CCCN(c2ccc3cc(Cl)ccc3n2)C1. The molecule has 2 aromatic rings. The van der Waals surface area contributed by atoms with Crippen LogP contribution in [0.3, 0.4) is 0 Å². The van der Waals surface area contributed by atoms with Crippen molar-refractivity contribution in [3.63, 3.8) is 0 Å². The van der Waals surface area contributed by atoms with Crippen molar-refractivity contribution >= 4 is 38.3 Å². The van der Waals surface area contributed by atoms with Crippen LogP contribution in [-0.4, -0.2) is 38.8 Å². The first-order valence-corrected chi connectivity index (χ1v) is 9.46. The Morgan fingerprint density at radius 2 is 2.14 bits per heavy atom. The summed E-state index contributed by atoms with van der Waals surface area (Å²) >= 11 is 5.98. The summed E-state index contributed by atoms with van der Waals surface area (Å²) in [5, 5.41) is 1.69. The number of sulfonamides is 1. The second-order valence-corrected chi connectivity index (χ2v) is 7.90. The molecule has 3 rings (SSSR count). The minimum atomic E-state index is -3.18. The Morgan fingerprint density at radius 1 is 1.32 bits per heavy atom. The van der Waals surface area contributed by atoms with Crippen molar-refractivity contribution in [1.82, 2.24) is 9.71 Å². The molecule has 1 atom stereocenters. The molecule has 0 aliphatic carbocycles. The largest absolute Gasteiger partial charge is 0.355 e. The van der Waals surface area contributed by atoms with Gasteiger partial charge in [0.25, 0.3) is 0 Å². The van der Waals surface area contributed by atoms with Gasteiger partial charge in [0.1, 0.15) is 5.82 Å². The molecule has 1 aromatic heterocycles. The van der Waals surface area contributed by atoms with E-state index < -0.39 is 10.0 Å². The monoisotopic (exact) mass is 339 g/mol. The van der Waals surface area contributed by atoms with Crippen LogP contribution in [0.1, 0.15) is 12.8 Å². The van der Waals surface area contributed by atoms with E-state index >= 15 is 0 Å². The molecule has 5 nitrogen and oxygen atoms in total. The molecule has 1 unspecified atom stereocenters. The quantitative estimate of drug-likeness (QED) is 0.932. The fourth-order valence-electron chi connectivity index (χ4n) is 2.85. The van der Waals surface area contributed by atoms with Crippen molar-refractivity contribution in [2.45, 2.75) is 18.9 Å². The first-order chi connectivity index (χ1) is 10.4. The zero-order chi connectivity index (χ0) is 15.7. The van der Waals surface area contributed by atoms with Gasteiger partial charge in [-0.05, 0) is 43.2 Å². The topological polar surface area (TPSA) is 62.3 Å². The average molecular weight is 340 g/mol. The summed E-state index contributed by atoms with van der Waals surface area (Å²) in [6.07, 6.45) is 2.99. The second-order valence-electron chi connectivity index (χ2n) is 5.68. The Bertz CT molecular complexity index is 794. The molecule has 0 bridgehead atoms. The van der Waals surface area contributed by atoms with Crippen molar-refractivity contribution in [2.24, 2.45) is 0 Å². The van der Waals surface area contributed by atoms with Crippen LogP contribution < -0.4 is 9.62 Å². The van der Waals surface area contributed by atoms with Crippen molar-refractivity contribution in [3.8, 4) is 0 Å². The van der Waals surface area contributed by atoms with Crippen LogP contribution in [0.2, 0.25) is 5.02 Å². The van der Waals surface area contributed by atoms with Crippen LogP contribution in [0.15, 0.2) is 30.3 Å². The van der Waals surface area contributed by atoms with Crippen LogP contribution in [0.25, 0.3) is 10.9 Å². The highest BCUT2D eigenvalue weighted by Crippen LogP contribution is 2.23. The van der Waals surface area contributed by atoms with Crippen molar-refractivity contribution < 1.29 is 8.42 Å². The number of nitrogens with zero attached hydrogens (tertiary/aromatic N) is 2. The van der Waals surface area contributed by atoms with Gasteiger partial charge in [0, 0.05) is 29.5 Å². The van der Waals surface area contributed by atoms with Crippen LogP contribution in [0.4, 0.5) is 5.82 Å².